The second kappa shape index (κ2) is 12.0. The maximum absolute atomic E-state index is 10.6. The molecular formula is C28H36IrNO2S-. The summed E-state index contributed by atoms with van der Waals surface area (Å²) in [7, 11) is 0. The molecule has 6 atom stereocenters. The van der Waals surface area contributed by atoms with Crippen LogP contribution < -0.4 is 0 Å². The van der Waals surface area contributed by atoms with Crippen molar-refractivity contribution in [1.29, 1.82) is 0 Å². The van der Waals surface area contributed by atoms with Gasteiger partial charge in [0.25, 0.3) is 0 Å². The van der Waals surface area contributed by atoms with Gasteiger partial charge in [-0.05, 0) is 65.0 Å². The molecule has 3 nitrogen and oxygen atoms in total. The molecule has 4 unspecified atom stereocenters. The van der Waals surface area contributed by atoms with Crippen LogP contribution in [0.1, 0.15) is 52.9 Å². The maximum Gasteiger partial charge on any atom is 0.0626 e. The number of thiophene rings is 1. The van der Waals surface area contributed by atoms with Gasteiger partial charge in [-0.15, -0.1) is 23.6 Å². The topological polar surface area (TPSA) is 53.4 Å². The molecule has 2 aliphatic carbocycles. The number of aliphatic hydroxyl groups excluding tert-OH is 2. The fourth-order valence-corrected chi connectivity index (χ4v) is 6.75. The average molecular weight is 643 g/mol. The molecule has 3 aromatic rings. The minimum absolute atomic E-state index is 0. The van der Waals surface area contributed by atoms with Crippen molar-refractivity contribution >= 4 is 21.4 Å². The summed E-state index contributed by atoms with van der Waals surface area (Å²) in [5.41, 5.74) is 0.999. The summed E-state index contributed by atoms with van der Waals surface area (Å²) in [4.78, 5) is 5.43. The third-order valence-corrected chi connectivity index (χ3v) is 8.75. The van der Waals surface area contributed by atoms with Crippen LogP contribution in [-0.4, -0.2) is 27.4 Å². The van der Waals surface area contributed by atoms with Crippen molar-refractivity contribution in [2.75, 3.05) is 0 Å². The predicted molar refractivity (Wildman–Crippen MR) is 133 cm³/mol. The molecule has 1 radical (unpaired) electrons. The van der Waals surface area contributed by atoms with Crippen molar-refractivity contribution in [3.8, 4) is 10.6 Å². The molecule has 0 spiro atoms. The van der Waals surface area contributed by atoms with Crippen molar-refractivity contribution in [1.82, 2.24) is 4.98 Å². The van der Waals surface area contributed by atoms with E-state index < -0.39 is 0 Å². The summed E-state index contributed by atoms with van der Waals surface area (Å²) in [5, 5.41) is 22.2. The van der Waals surface area contributed by atoms with Crippen LogP contribution in [0, 0.1) is 35.7 Å². The van der Waals surface area contributed by atoms with Crippen LogP contribution in [0.3, 0.4) is 0 Å². The molecule has 5 rings (SSSR count). The molecule has 2 heterocycles. The van der Waals surface area contributed by atoms with Gasteiger partial charge in [0.2, 0.25) is 0 Å². The van der Waals surface area contributed by atoms with Gasteiger partial charge in [-0.1, -0.05) is 51.5 Å². The third-order valence-electron chi connectivity index (χ3n) is 7.66. The first-order valence-corrected chi connectivity index (χ1v) is 13.0. The molecule has 0 aliphatic heterocycles. The normalized spacial score (nSPS) is 29.0. The van der Waals surface area contributed by atoms with E-state index in [0.717, 1.165) is 29.8 Å². The molecule has 2 aliphatic rings. The predicted octanol–water partition coefficient (Wildman–Crippen LogP) is 6.59. The van der Waals surface area contributed by atoms with E-state index in [2.05, 4.69) is 50.0 Å². The fraction of sp³-hybridized carbons (Fsp3) is 0.536. The summed E-state index contributed by atoms with van der Waals surface area (Å²) in [6, 6.07) is 17.6. The van der Waals surface area contributed by atoms with E-state index in [4.69, 9.17) is 0 Å². The first kappa shape index (κ1) is 26.5. The van der Waals surface area contributed by atoms with Crippen molar-refractivity contribution in [3.05, 3.63) is 54.7 Å². The second-order valence-electron chi connectivity index (χ2n) is 9.82. The van der Waals surface area contributed by atoms with E-state index in [-0.39, 0.29) is 38.2 Å². The van der Waals surface area contributed by atoms with Gasteiger partial charge < -0.3 is 15.2 Å². The average Bonchev–Trinajstić information content (AvgIpc) is 3.25. The van der Waals surface area contributed by atoms with Crippen molar-refractivity contribution in [2.45, 2.75) is 65.1 Å². The maximum atomic E-state index is 10.6. The molecule has 181 valence electrons. The van der Waals surface area contributed by atoms with E-state index >= 15 is 0 Å². The number of fused-ring (bicyclic) bond motifs is 2. The zero-order chi connectivity index (χ0) is 22.7. The zero-order valence-corrected chi connectivity index (χ0v) is 23.0. The Labute approximate surface area is 216 Å². The van der Waals surface area contributed by atoms with Gasteiger partial charge in [-0.3, -0.25) is 0 Å². The van der Waals surface area contributed by atoms with E-state index in [9.17, 15) is 10.2 Å². The minimum atomic E-state index is -0.280. The van der Waals surface area contributed by atoms with Gasteiger partial charge in [0.15, 0.2) is 0 Å². The summed E-state index contributed by atoms with van der Waals surface area (Å²) in [5.74, 6) is 2.05. The van der Waals surface area contributed by atoms with Crippen LogP contribution in [0.15, 0.2) is 48.7 Å². The Kier molecular flexibility index (Phi) is 9.67. The number of aromatic nitrogens is 1. The Bertz CT molecular complexity index is 959. The van der Waals surface area contributed by atoms with E-state index in [1.807, 2.05) is 30.5 Å². The second-order valence-corrected chi connectivity index (χ2v) is 10.9. The monoisotopic (exact) mass is 643 g/mol. The number of rotatable bonds is 3. The Hall–Kier alpha value is -1.10. The van der Waals surface area contributed by atoms with Crippen molar-refractivity contribution in [2.24, 2.45) is 29.6 Å². The van der Waals surface area contributed by atoms with Crippen LogP contribution in [0.5, 0.6) is 0 Å². The van der Waals surface area contributed by atoms with E-state index in [0.29, 0.717) is 23.7 Å². The van der Waals surface area contributed by atoms with Crippen LogP contribution >= 0.6 is 11.3 Å². The summed E-state index contributed by atoms with van der Waals surface area (Å²) in [6.07, 6.45) is 7.02. The summed E-state index contributed by atoms with van der Waals surface area (Å²) >= 11 is 1.73. The summed E-state index contributed by atoms with van der Waals surface area (Å²) in [6.45, 7) is 6.55. The number of aliphatic hydroxyl groups is 2. The Balaban J connectivity index is 0.000000181. The van der Waals surface area contributed by atoms with Gasteiger partial charge in [0, 0.05) is 37.9 Å². The standard InChI is InChI=1S/C15H28O2.C13H8NS.Ir/c1-4-10-5-6-11-7-8-12(9(2)3)15(17)13(11)14(10)16;1-2-7-12-10(5-1)9-13(15-12)11-6-3-4-8-14-11;/h9-17H,4-8H2,1-3H3;1-8H;/q;-1;/t10-,11?,12+,13?,14?,15?;;/m0../s1. The molecule has 0 amide bonds. The van der Waals surface area contributed by atoms with Crippen LogP contribution in [-0.2, 0) is 20.1 Å². The van der Waals surface area contributed by atoms with Gasteiger partial charge in [-0.2, -0.15) is 0 Å². The first-order chi connectivity index (χ1) is 15.5. The molecule has 33 heavy (non-hydrogen) atoms. The van der Waals surface area contributed by atoms with Crippen molar-refractivity contribution in [3.63, 3.8) is 0 Å². The molecule has 0 saturated heterocycles. The quantitative estimate of drug-likeness (QED) is 0.317. The minimum Gasteiger partial charge on any atom is -0.392 e. The first-order valence-electron chi connectivity index (χ1n) is 12.2. The Morgan fingerprint density at radius 2 is 1.73 bits per heavy atom. The largest absolute Gasteiger partial charge is 0.392 e. The molecule has 2 saturated carbocycles. The zero-order valence-electron chi connectivity index (χ0n) is 19.8. The molecule has 2 N–H and O–H groups in total. The number of hydrogen-bond donors (Lipinski definition) is 2. The molecule has 0 bridgehead atoms. The fourth-order valence-electron chi connectivity index (χ4n) is 5.77. The number of hydrogen-bond acceptors (Lipinski definition) is 4. The number of pyridine rings is 1. The molecular weight excluding hydrogens is 607 g/mol. The smallest absolute Gasteiger partial charge is 0.0626 e. The molecule has 2 aromatic heterocycles. The van der Waals surface area contributed by atoms with Gasteiger partial charge in [0.05, 0.1) is 12.2 Å². The SMILES string of the molecule is CC[C@H]1CCC2CC[C@H](C(C)C)C(O)C2C1O.[Ir].[c-]1c(-c2ccccn2)sc2ccccc12. The van der Waals surface area contributed by atoms with Crippen molar-refractivity contribution < 1.29 is 30.3 Å². The van der Waals surface area contributed by atoms with Gasteiger partial charge in [-0.25, -0.2) is 11.3 Å². The van der Waals surface area contributed by atoms with Gasteiger partial charge >= 0.3 is 0 Å². The van der Waals surface area contributed by atoms with E-state index in [1.165, 1.54) is 22.9 Å². The number of nitrogens with zero attached hydrogens (tertiary/aromatic N) is 1. The van der Waals surface area contributed by atoms with Crippen LogP contribution in [0.25, 0.3) is 20.7 Å². The summed E-state index contributed by atoms with van der Waals surface area (Å²) < 4.78 is 1.26. The van der Waals surface area contributed by atoms with Crippen LogP contribution in [0.4, 0.5) is 0 Å². The molecule has 5 heteroatoms. The van der Waals surface area contributed by atoms with E-state index in [1.54, 1.807) is 11.3 Å². The molecule has 2 fully saturated rings. The Morgan fingerprint density at radius 1 is 1.00 bits per heavy atom. The molecule has 1 aromatic carbocycles. The van der Waals surface area contributed by atoms with Crippen LogP contribution in [0.2, 0.25) is 0 Å². The third kappa shape index (κ3) is 5.94. The van der Waals surface area contributed by atoms with Gasteiger partial charge in [0.1, 0.15) is 0 Å². The number of benzene rings is 1. The Morgan fingerprint density at radius 3 is 2.39 bits per heavy atom.